The number of nitrogens with one attached hydrogen (secondary N) is 1. The standard InChI is InChI=1S/C16H24N2/c1-11(2)16(8-17)10-18-9-15-7-6-12(3)13(4)14(15)5/h6-7,11,16,18H,9-10H2,1-5H3. The van der Waals surface area contributed by atoms with Crippen LogP contribution in [0.25, 0.3) is 0 Å². The van der Waals surface area contributed by atoms with Crippen LogP contribution in [0.3, 0.4) is 0 Å². The molecule has 1 unspecified atom stereocenters. The molecule has 0 spiro atoms. The molecule has 0 saturated carbocycles. The van der Waals surface area contributed by atoms with Gasteiger partial charge in [0.2, 0.25) is 0 Å². The van der Waals surface area contributed by atoms with Crippen molar-refractivity contribution in [1.82, 2.24) is 5.32 Å². The van der Waals surface area contributed by atoms with Gasteiger partial charge in [0.1, 0.15) is 0 Å². The van der Waals surface area contributed by atoms with Gasteiger partial charge in [0.15, 0.2) is 0 Å². The fourth-order valence-electron chi connectivity index (χ4n) is 2.00. The monoisotopic (exact) mass is 244 g/mol. The molecule has 0 bridgehead atoms. The number of hydrogen-bond acceptors (Lipinski definition) is 2. The maximum absolute atomic E-state index is 9.04. The number of nitriles is 1. The van der Waals surface area contributed by atoms with E-state index in [4.69, 9.17) is 5.26 Å². The quantitative estimate of drug-likeness (QED) is 0.860. The number of aryl methyl sites for hydroxylation is 1. The highest BCUT2D eigenvalue weighted by Crippen LogP contribution is 2.17. The summed E-state index contributed by atoms with van der Waals surface area (Å²) in [6.45, 7) is 12.3. The van der Waals surface area contributed by atoms with Crippen molar-refractivity contribution in [3.8, 4) is 6.07 Å². The van der Waals surface area contributed by atoms with Gasteiger partial charge in [-0.2, -0.15) is 5.26 Å². The van der Waals surface area contributed by atoms with Crippen LogP contribution in [-0.4, -0.2) is 6.54 Å². The molecule has 0 radical (unpaired) electrons. The van der Waals surface area contributed by atoms with Gasteiger partial charge in [-0.05, 0) is 48.9 Å². The van der Waals surface area contributed by atoms with Gasteiger partial charge in [0, 0.05) is 13.1 Å². The van der Waals surface area contributed by atoms with Gasteiger partial charge in [-0.25, -0.2) is 0 Å². The first-order valence-corrected chi connectivity index (χ1v) is 6.63. The van der Waals surface area contributed by atoms with Crippen molar-refractivity contribution in [2.45, 2.75) is 41.2 Å². The minimum absolute atomic E-state index is 0.0943. The van der Waals surface area contributed by atoms with Gasteiger partial charge in [0.05, 0.1) is 12.0 Å². The Morgan fingerprint density at radius 3 is 2.39 bits per heavy atom. The summed E-state index contributed by atoms with van der Waals surface area (Å²) in [5, 5.41) is 12.4. The van der Waals surface area contributed by atoms with Gasteiger partial charge in [-0.1, -0.05) is 26.0 Å². The molecule has 0 aliphatic rings. The zero-order valence-electron chi connectivity index (χ0n) is 12.2. The van der Waals surface area contributed by atoms with Crippen LogP contribution >= 0.6 is 0 Å². The second kappa shape index (κ2) is 6.56. The van der Waals surface area contributed by atoms with Crippen molar-refractivity contribution in [3.63, 3.8) is 0 Å². The predicted octanol–water partition coefficient (Wildman–Crippen LogP) is 3.50. The maximum atomic E-state index is 9.04. The SMILES string of the molecule is Cc1ccc(CNCC(C#N)C(C)C)c(C)c1C. The lowest BCUT2D eigenvalue weighted by Gasteiger charge is -2.15. The molecule has 1 aromatic rings. The van der Waals surface area contributed by atoms with E-state index in [2.05, 4.69) is 58.1 Å². The highest BCUT2D eigenvalue weighted by Gasteiger charge is 2.11. The Morgan fingerprint density at radius 2 is 1.83 bits per heavy atom. The minimum Gasteiger partial charge on any atom is -0.311 e. The van der Waals surface area contributed by atoms with Crippen LogP contribution in [0, 0.1) is 43.9 Å². The number of hydrogen-bond donors (Lipinski definition) is 1. The maximum Gasteiger partial charge on any atom is 0.0671 e. The Balaban J connectivity index is 2.60. The zero-order chi connectivity index (χ0) is 13.7. The van der Waals surface area contributed by atoms with Crippen molar-refractivity contribution < 1.29 is 0 Å². The van der Waals surface area contributed by atoms with Crippen molar-refractivity contribution in [1.29, 1.82) is 5.26 Å². The number of rotatable bonds is 5. The molecular weight excluding hydrogens is 220 g/mol. The third-order valence-corrected chi connectivity index (χ3v) is 3.82. The average molecular weight is 244 g/mol. The second-order valence-corrected chi connectivity index (χ2v) is 5.40. The Morgan fingerprint density at radius 1 is 1.17 bits per heavy atom. The second-order valence-electron chi connectivity index (χ2n) is 5.40. The molecule has 18 heavy (non-hydrogen) atoms. The summed E-state index contributed by atoms with van der Waals surface area (Å²) in [7, 11) is 0. The highest BCUT2D eigenvalue weighted by atomic mass is 14.9. The van der Waals surface area contributed by atoms with Crippen LogP contribution in [0.15, 0.2) is 12.1 Å². The van der Waals surface area contributed by atoms with Crippen LogP contribution in [0.1, 0.15) is 36.1 Å². The summed E-state index contributed by atoms with van der Waals surface area (Å²) < 4.78 is 0. The third-order valence-electron chi connectivity index (χ3n) is 3.82. The van der Waals surface area contributed by atoms with E-state index in [1.165, 1.54) is 22.3 Å². The molecule has 0 fully saturated rings. The van der Waals surface area contributed by atoms with Crippen LogP contribution < -0.4 is 5.32 Å². The summed E-state index contributed by atoms with van der Waals surface area (Å²) >= 11 is 0. The highest BCUT2D eigenvalue weighted by molar-refractivity contribution is 5.38. The lowest BCUT2D eigenvalue weighted by Crippen LogP contribution is -2.25. The van der Waals surface area contributed by atoms with Gasteiger partial charge in [0.25, 0.3) is 0 Å². The molecule has 1 atom stereocenters. The lowest BCUT2D eigenvalue weighted by atomic mass is 9.96. The molecule has 2 heteroatoms. The summed E-state index contributed by atoms with van der Waals surface area (Å²) in [4.78, 5) is 0. The normalized spacial score (nSPS) is 12.5. The summed E-state index contributed by atoms with van der Waals surface area (Å²) in [5.41, 5.74) is 5.41. The Labute approximate surface area is 111 Å². The molecule has 1 rings (SSSR count). The first-order chi connectivity index (χ1) is 8.47. The lowest BCUT2D eigenvalue weighted by molar-refractivity contribution is 0.441. The topological polar surface area (TPSA) is 35.8 Å². The van der Waals surface area contributed by atoms with E-state index in [9.17, 15) is 0 Å². The molecule has 0 aromatic heterocycles. The molecule has 0 heterocycles. The molecule has 0 aliphatic heterocycles. The number of benzene rings is 1. The van der Waals surface area contributed by atoms with E-state index in [1.807, 2.05) is 0 Å². The fourth-order valence-corrected chi connectivity index (χ4v) is 2.00. The molecule has 98 valence electrons. The van der Waals surface area contributed by atoms with E-state index in [0.717, 1.165) is 13.1 Å². The van der Waals surface area contributed by atoms with Gasteiger partial charge >= 0.3 is 0 Å². The molecule has 0 saturated heterocycles. The van der Waals surface area contributed by atoms with Crippen LogP contribution in [0.5, 0.6) is 0 Å². The molecular formula is C16H24N2. The molecule has 1 aromatic carbocycles. The minimum atomic E-state index is 0.0943. The van der Waals surface area contributed by atoms with Crippen LogP contribution in [0.4, 0.5) is 0 Å². The Bertz CT molecular complexity index is 441. The smallest absolute Gasteiger partial charge is 0.0671 e. The summed E-state index contributed by atoms with van der Waals surface area (Å²) in [6.07, 6.45) is 0. The van der Waals surface area contributed by atoms with Crippen LogP contribution in [-0.2, 0) is 6.54 Å². The first kappa shape index (κ1) is 14.7. The molecule has 2 nitrogen and oxygen atoms in total. The molecule has 1 N–H and O–H groups in total. The third kappa shape index (κ3) is 3.58. The summed E-state index contributed by atoms with van der Waals surface area (Å²) in [5.74, 6) is 0.500. The molecule has 0 aliphatic carbocycles. The van der Waals surface area contributed by atoms with Crippen molar-refractivity contribution in [2.75, 3.05) is 6.54 Å². The van der Waals surface area contributed by atoms with Gasteiger partial charge in [-0.3, -0.25) is 0 Å². The molecule has 0 amide bonds. The zero-order valence-corrected chi connectivity index (χ0v) is 12.2. The van der Waals surface area contributed by atoms with E-state index < -0.39 is 0 Å². The van der Waals surface area contributed by atoms with E-state index in [1.54, 1.807) is 0 Å². The van der Waals surface area contributed by atoms with E-state index >= 15 is 0 Å². The number of nitrogens with zero attached hydrogens (tertiary/aromatic N) is 1. The van der Waals surface area contributed by atoms with Gasteiger partial charge < -0.3 is 5.32 Å². The summed E-state index contributed by atoms with van der Waals surface area (Å²) in [6, 6.07) is 6.71. The fraction of sp³-hybridized carbons (Fsp3) is 0.562. The van der Waals surface area contributed by atoms with E-state index in [-0.39, 0.29) is 5.92 Å². The van der Waals surface area contributed by atoms with Crippen molar-refractivity contribution in [3.05, 3.63) is 34.4 Å². The predicted molar refractivity (Wildman–Crippen MR) is 76.3 cm³/mol. The van der Waals surface area contributed by atoms with Crippen molar-refractivity contribution in [2.24, 2.45) is 11.8 Å². The van der Waals surface area contributed by atoms with Crippen LogP contribution in [0.2, 0.25) is 0 Å². The largest absolute Gasteiger partial charge is 0.311 e. The van der Waals surface area contributed by atoms with Gasteiger partial charge in [-0.15, -0.1) is 0 Å². The Kier molecular flexibility index (Phi) is 5.37. The first-order valence-electron chi connectivity index (χ1n) is 6.63. The Hall–Kier alpha value is -1.33. The van der Waals surface area contributed by atoms with E-state index in [0.29, 0.717) is 5.92 Å². The average Bonchev–Trinajstić information content (AvgIpc) is 2.33. The van der Waals surface area contributed by atoms with Crippen molar-refractivity contribution >= 4 is 0 Å².